The predicted octanol–water partition coefficient (Wildman–Crippen LogP) is 6.85. The molecule has 2 N–H and O–H groups in total. The second-order valence-electron chi connectivity index (χ2n) is 12.7. The third-order valence-corrected chi connectivity index (χ3v) is 9.93. The summed E-state index contributed by atoms with van der Waals surface area (Å²) in [6.45, 7) is 9.71. The van der Waals surface area contributed by atoms with Crippen LogP contribution in [0.2, 0.25) is 0 Å². The quantitative estimate of drug-likeness (QED) is 0.250. The zero-order valence-corrected chi connectivity index (χ0v) is 26.9. The first kappa shape index (κ1) is 32.1. The lowest BCUT2D eigenvalue weighted by Gasteiger charge is -2.36. The van der Waals surface area contributed by atoms with E-state index in [-0.39, 0.29) is 68.4 Å². The number of phenolic OH excluding ortho intramolecular Hbond substituents is 1. The first-order valence-electron chi connectivity index (χ1n) is 16.1. The minimum atomic E-state index is -0.938. The molecule has 2 aromatic carbocycles. The van der Waals surface area contributed by atoms with Crippen LogP contribution in [0.3, 0.4) is 0 Å². The highest BCUT2D eigenvalue weighted by Gasteiger charge is 2.40. The molecule has 6 rings (SSSR count). The van der Waals surface area contributed by atoms with Crippen molar-refractivity contribution in [2.24, 2.45) is 0 Å². The number of aromatic hydroxyl groups is 1. The number of likely N-dealkylation sites (N-methyl/N-ethyl adjacent to an activating group) is 1. The number of aromatic nitrogens is 2. The number of ether oxygens (including phenoxy) is 2. The SMILES string of the molecule is C=Cc1cc(O)cc(-c2c(OC)c(F)c3c(N4CC5CCC(C4)N5)nc(OCC4(CCC)CCCN4C)nc3c2F)c1/C(F)=C\C. The Hall–Kier alpha value is -3.83. The number of fused-ring (bicyclic) bond motifs is 3. The van der Waals surface area contributed by atoms with Gasteiger partial charge in [-0.15, -0.1) is 0 Å². The summed E-state index contributed by atoms with van der Waals surface area (Å²) in [5, 5.41) is 14.0. The molecule has 2 bridgehead atoms. The van der Waals surface area contributed by atoms with Crippen molar-refractivity contribution in [1.82, 2.24) is 20.2 Å². The number of rotatable bonds is 10. The number of piperazine rings is 1. The minimum absolute atomic E-state index is 0.0542. The Bertz CT molecular complexity index is 1690. The maximum atomic E-state index is 17.1. The Morgan fingerprint density at radius 3 is 2.54 bits per heavy atom. The number of nitrogens with zero attached hydrogens (tertiary/aromatic N) is 4. The molecular formula is C35H42F3N5O3. The van der Waals surface area contributed by atoms with E-state index >= 15 is 13.2 Å². The second-order valence-corrected chi connectivity index (χ2v) is 12.7. The molecule has 1 aromatic heterocycles. The highest BCUT2D eigenvalue weighted by Crippen LogP contribution is 2.47. The van der Waals surface area contributed by atoms with Gasteiger partial charge in [0.2, 0.25) is 0 Å². The molecule has 11 heteroatoms. The average Bonchev–Trinajstić information content (AvgIpc) is 3.59. The molecule has 3 fully saturated rings. The number of benzene rings is 2. The highest BCUT2D eigenvalue weighted by atomic mass is 19.1. The van der Waals surface area contributed by atoms with Gasteiger partial charge in [-0.1, -0.05) is 32.1 Å². The number of halogens is 3. The first-order chi connectivity index (χ1) is 22.1. The number of hydrogen-bond donors (Lipinski definition) is 2. The van der Waals surface area contributed by atoms with Crippen molar-refractivity contribution in [2.75, 3.05) is 45.3 Å². The number of methoxy groups -OCH3 is 1. The van der Waals surface area contributed by atoms with E-state index in [0.717, 1.165) is 45.1 Å². The summed E-state index contributed by atoms with van der Waals surface area (Å²) in [5.41, 5.74) is -0.832. The predicted molar refractivity (Wildman–Crippen MR) is 175 cm³/mol. The Morgan fingerprint density at radius 1 is 1.20 bits per heavy atom. The van der Waals surface area contributed by atoms with Crippen LogP contribution in [-0.4, -0.2) is 78.0 Å². The van der Waals surface area contributed by atoms with E-state index in [1.165, 1.54) is 38.3 Å². The molecule has 0 aliphatic carbocycles. The van der Waals surface area contributed by atoms with Crippen LogP contribution in [0.25, 0.3) is 33.9 Å². The van der Waals surface area contributed by atoms with Crippen molar-refractivity contribution in [1.29, 1.82) is 0 Å². The van der Waals surface area contributed by atoms with E-state index < -0.39 is 23.2 Å². The van der Waals surface area contributed by atoms with Crippen molar-refractivity contribution in [3.05, 3.63) is 47.5 Å². The molecule has 3 unspecified atom stereocenters. The standard InChI is InChI=1S/C35H42F3N5O3/c1-6-12-35(13-9-14-42(35)4)19-46-34-40-31-28(33(41-34)43-17-21-10-11-22(18-43)39-21)30(38)32(45-5)27(29(31)37)24-16-23(44)15-20(7-2)26(24)25(36)8-3/h7-8,15-16,21-22,39,44H,2,6,9-14,17-19H2,1,3-5H3/b25-8+. The molecule has 3 saturated heterocycles. The van der Waals surface area contributed by atoms with Gasteiger partial charge in [-0.05, 0) is 70.3 Å². The number of allylic oxidation sites excluding steroid dienone is 1. The largest absolute Gasteiger partial charge is 0.508 e. The fraction of sp³-hybridized carbons (Fsp3) is 0.486. The maximum absolute atomic E-state index is 17.1. The van der Waals surface area contributed by atoms with Gasteiger partial charge in [-0.2, -0.15) is 9.97 Å². The lowest BCUT2D eigenvalue weighted by Crippen LogP contribution is -2.51. The van der Waals surface area contributed by atoms with Gasteiger partial charge in [0.25, 0.3) is 0 Å². The topological polar surface area (TPSA) is 83.0 Å². The lowest BCUT2D eigenvalue weighted by molar-refractivity contribution is 0.0828. The normalized spacial score (nSPS) is 23.4. The van der Waals surface area contributed by atoms with Crippen LogP contribution in [0.4, 0.5) is 19.0 Å². The van der Waals surface area contributed by atoms with Crippen molar-refractivity contribution in [3.63, 3.8) is 0 Å². The molecule has 0 saturated carbocycles. The molecule has 46 heavy (non-hydrogen) atoms. The van der Waals surface area contributed by atoms with Gasteiger partial charge in [0, 0.05) is 36.3 Å². The second kappa shape index (κ2) is 12.8. The molecule has 3 aliphatic rings. The minimum Gasteiger partial charge on any atom is -0.508 e. The maximum Gasteiger partial charge on any atom is 0.319 e. The van der Waals surface area contributed by atoms with Crippen molar-refractivity contribution in [2.45, 2.75) is 70.0 Å². The van der Waals surface area contributed by atoms with E-state index in [4.69, 9.17) is 14.5 Å². The number of likely N-dealkylation sites (tertiary alicyclic amines) is 1. The fourth-order valence-electron chi connectivity index (χ4n) is 7.65. The lowest BCUT2D eigenvalue weighted by atomic mass is 9.91. The smallest absolute Gasteiger partial charge is 0.319 e. The van der Waals surface area contributed by atoms with Crippen molar-refractivity contribution in [3.8, 4) is 28.6 Å². The third-order valence-electron chi connectivity index (χ3n) is 9.93. The number of phenols is 1. The van der Waals surface area contributed by atoms with Gasteiger partial charge in [0.05, 0.1) is 23.6 Å². The van der Waals surface area contributed by atoms with Crippen LogP contribution in [0.15, 0.2) is 24.8 Å². The molecule has 0 spiro atoms. The van der Waals surface area contributed by atoms with Crippen LogP contribution in [0.5, 0.6) is 17.5 Å². The van der Waals surface area contributed by atoms with E-state index in [2.05, 4.69) is 35.8 Å². The Morgan fingerprint density at radius 2 is 1.93 bits per heavy atom. The summed E-state index contributed by atoms with van der Waals surface area (Å²) >= 11 is 0. The van der Waals surface area contributed by atoms with E-state index in [1.807, 2.05) is 4.90 Å². The molecule has 3 aromatic rings. The number of anilines is 1. The van der Waals surface area contributed by atoms with Gasteiger partial charge in [0.1, 0.15) is 29.5 Å². The van der Waals surface area contributed by atoms with Crippen molar-refractivity contribution < 1.29 is 27.8 Å². The van der Waals surface area contributed by atoms with Gasteiger partial charge in [-0.25, -0.2) is 13.2 Å². The summed E-state index contributed by atoms with van der Waals surface area (Å²) in [7, 11) is 3.31. The summed E-state index contributed by atoms with van der Waals surface area (Å²) in [6.07, 6.45) is 8.38. The molecule has 4 heterocycles. The molecule has 0 amide bonds. The monoisotopic (exact) mass is 637 g/mol. The number of nitrogens with one attached hydrogen (secondary N) is 1. The highest BCUT2D eigenvalue weighted by molar-refractivity contribution is 5.99. The fourth-order valence-corrected chi connectivity index (χ4v) is 7.65. The van der Waals surface area contributed by atoms with Crippen molar-refractivity contribution >= 4 is 28.6 Å². The Balaban J connectivity index is 1.59. The summed E-state index contributed by atoms with van der Waals surface area (Å²) in [4.78, 5) is 13.5. The van der Waals surface area contributed by atoms with Crippen LogP contribution in [0, 0.1) is 11.6 Å². The van der Waals surface area contributed by atoms with Gasteiger partial charge in [-0.3, -0.25) is 4.90 Å². The van der Waals surface area contributed by atoms with E-state index in [1.54, 1.807) is 0 Å². The summed E-state index contributed by atoms with van der Waals surface area (Å²) in [5.74, 6) is -3.00. The van der Waals surface area contributed by atoms with E-state index in [0.29, 0.717) is 19.7 Å². The van der Waals surface area contributed by atoms with Crippen LogP contribution in [-0.2, 0) is 0 Å². The van der Waals surface area contributed by atoms with Gasteiger partial charge >= 0.3 is 6.01 Å². The number of hydrogen-bond acceptors (Lipinski definition) is 8. The van der Waals surface area contributed by atoms with Crippen LogP contribution < -0.4 is 19.7 Å². The zero-order valence-electron chi connectivity index (χ0n) is 26.9. The van der Waals surface area contributed by atoms with Crippen LogP contribution in [0.1, 0.15) is 63.5 Å². The van der Waals surface area contributed by atoms with Crippen LogP contribution >= 0.6 is 0 Å². The molecule has 3 atom stereocenters. The Kier molecular flexibility index (Phi) is 8.91. The molecule has 3 aliphatic heterocycles. The average molecular weight is 638 g/mol. The van der Waals surface area contributed by atoms with Gasteiger partial charge < -0.3 is 24.8 Å². The Labute approximate surface area is 267 Å². The summed E-state index contributed by atoms with van der Waals surface area (Å²) < 4.78 is 61.2. The van der Waals surface area contributed by atoms with Gasteiger partial charge in [0.15, 0.2) is 17.4 Å². The zero-order chi connectivity index (χ0) is 32.7. The molecular weight excluding hydrogens is 595 g/mol. The third kappa shape index (κ3) is 5.47. The molecule has 0 radical (unpaired) electrons. The summed E-state index contributed by atoms with van der Waals surface area (Å²) in [6, 6.07) is 2.83. The molecule has 246 valence electrons. The van der Waals surface area contributed by atoms with E-state index in [9.17, 15) is 5.11 Å². The molecule has 8 nitrogen and oxygen atoms in total. The first-order valence-corrected chi connectivity index (χ1v) is 16.1.